The van der Waals surface area contributed by atoms with Crippen molar-refractivity contribution in [1.82, 2.24) is 5.32 Å². The Morgan fingerprint density at radius 1 is 1.61 bits per heavy atom. The van der Waals surface area contributed by atoms with E-state index in [9.17, 15) is 10.1 Å². The maximum atomic E-state index is 10.7. The van der Waals surface area contributed by atoms with Crippen LogP contribution >= 0.6 is 23.8 Å². The van der Waals surface area contributed by atoms with E-state index in [0.717, 1.165) is 6.42 Å². The molecule has 0 fully saturated rings. The Balaban J connectivity index is 2.80. The SMILES string of the molecule is CCC(C)NC(=S)Nc1cc([N+](=O)[O-])ccc1Cl. The molecule has 1 aromatic rings. The largest absolute Gasteiger partial charge is 0.360 e. The predicted molar refractivity (Wildman–Crippen MR) is 77.2 cm³/mol. The fourth-order valence-corrected chi connectivity index (χ4v) is 1.68. The smallest absolute Gasteiger partial charge is 0.271 e. The molecule has 0 aliphatic rings. The first-order chi connectivity index (χ1) is 8.43. The van der Waals surface area contributed by atoms with Gasteiger partial charge in [0.05, 0.1) is 15.6 Å². The van der Waals surface area contributed by atoms with E-state index >= 15 is 0 Å². The first-order valence-electron chi connectivity index (χ1n) is 5.45. The molecule has 0 spiro atoms. The lowest BCUT2D eigenvalue weighted by molar-refractivity contribution is -0.384. The number of halogens is 1. The molecular formula is C11H14ClN3O2S. The van der Waals surface area contributed by atoms with Gasteiger partial charge in [-0.15, -0.1) is 0 Å². The van der Waals surface area contributed by atoms with Crippen molar-refractivity contribution in [2.75, 3.05) is 5.32 Å². The highest BCUT2D eigenvalue weighted by Gasteiger charge is 2.11. The highest BCUT2D eigenvalue weighted by atomic mass is 35.5. The van der Waals surface area contributed by atoms with Crippen molar-refractivity contribution >= 4 is 40.3 Å². The molecule has 1 unspecified atom stereocenters. The minimum absolute atomic E-state index is 0.0340. The maximum absolute atomic E-state index is 10.7. The Labute approximate surface area is 116 Å². The van der Waals surface area contributed by atoms with Crippen LogP contribution in [0.2, 0.25) is 5.02 Å². The molecule has 0 amide bonds. The average molecular weight is 288 g/mol. The molecule has 1 aromatic carbocycles. The molecule has 18 heavy (non-hydrogen) atoms. The Kier molecular flexibility index (Phi) is 5.30. The third kappa shape index (κ3) is 4.12. The summed E-state index contributed by atoms with van der Waals surface area (Å²) in [5.41, 5.74) is 0.389. The van der Waals surface area contributed by atoms with E-state index in [2.05, 4.69) is 10.6 Å². The number of anilines is 1. The van der Waals surface area contributed by atoms with Gasteiger partial charge in [0.15, 0.2) is 5.11 Å². The van der Waals surface area contributed by atoms with Crippen LogP contribution in [-0.2, 0) is 0 Å². The molecule has 0 radical (unpaired) electrons. The lowest BCUT2D eigenvalue weighted by atomic mass is 10.2. The lowest BCUT2D eigenvalue weighted by Crippen LogP contribution is -2.35. The summed E-state index contributed by atoms with van der Waals surface area (Å²) in [5, 5.41) is 17.3. The van der Waals surface area contributed by atoms with Crippen molar-refractivity contribution < 1.29 is 4.92 Å². The number of hydrogen-bond donors (Lipinski definition) is 2. The molecule has 1 rings (SSSR count). The van der Waals surface area contributed by atoms with Crippen molar-refractivity contribution in [1.29, 1.82) is 0 Å². The van der Waals surface area contributed by atoms with Gasteiger partial charge in [0, 0.05) is 18.2 Å². The van der Waals surface area contributed by atoms with Crippen molar-refractivity contribution in [2.24, 2.45) is 0 Å². The fourth-order valence-electron chi connectivity index (χ4n) is 1.21. The van der Waals surface area contributed by atoms with Crippen LogP contribution in [0.3, 0.4) is 0 Å². The van der Waals surface area contributed by atoms with Crippen molar-refractivity contribution in [3.05, 3.63) is 33.3 Å². The van der Waals surface area contributed by atoms with Gasteiger partial charge in [-0.25, -0.2) is 0 Å². The van der Waals surface area contributed by atoms with Gasteiger partial charge in [0.25, 0.3) is 5.69 Å². The monoisotopic (exact) mass is 287 g/mol. The van der Waals surface area contributed by atoms with Crippen LogP contribution in [0.5, 0.6) is 0 Å². The standard InChI is InChI=1S/C11H14ClN3O2S/c1-3-7(2)13-11(18)14-10-6-8(15(16)17)4-5-9(10)12/h4-7H,3H2,1-2H3,(H2,13,14,18). The summed E-state index contributed by atoms with van der Waals surface area (Å²) >= 11 is 11.0. The number of rotatable bonds is 4. The molecule has 0 aliphatic carbocycles. The Bertz CT molecular complexity index is 468. The quantitative estimate of drug-likeness (QED) is 0.505. The van der Waals surface area contributed by atoms with E-state index < -0.39 is 4.92 Å². The van der Waals surface area contributed by atoms with Gasteiger partial charge >= 0.3 is 0 Å². The third-order valence-corrected chi connectivity index (χ3v) is 2.95. The Hall–Kier alpha value is -1.40. The van der Waals surface area contributed by atoms with Gasteiger partial charge in [-0.3, -0.25) is 10.1 Å². The van der Waals surface area contributed by atoms with E-state index in [1.807, 2.05) is 13.8 Å². The second-order valence-corrected chi connectivity index (χ2v) is 4.64. The van der Waals surface area contributed by atoms with Gasteiger partial charge in [-0.05, 0) is 31.6 Å². The molecule has 98 valence electrons. The second-order valence-electron chi connectivity index (χ2n) is 3.83. The summed E-state index contributed by atoms with van der Waals surface area (Å²) in [6.07, 6.45) is 0.921. The predicted octanol–water partition coefficient (Wildman–Crippen LogP) is 3.33. The van der Waals surface area contributed by atoms with Crippen LogP contribution in [0.25, 0.3) is 0 Å². The molecule has 0 bridgehead atoms. The van der Waals surface area contributed by atoms with E-state index in [1.165, 1.54) is 18.2 Å². The van der Waals surface area contributed by atoms with Gasteiger partial charge in [0.2, 0.25) is 0 Å². The number of thiocarbonyl (C=S) groups is 1. The normalized spacial score (nSPS) is 11.7. The van der Waals surface area contributed by atoms with Crippen LogP contribution in [0.15, 0.2) is 18.2 Å². The molecule has 0 aliphatic heterocycles. The lowest BCUT2D eigenvalue weighted by Gasteiger charge is -2.15. The highest BCUT2D eigenvalue weighted by Crippen LogP contribution is 2.26. The summed E-state index contributed by atoms with van der Waals surface area (Å²) in [4.78, 5) is 10.2. The van der Waals surface area contributed by atoms with Crippen molar-refractivity contribution in [2.45, 2.75) is 26.3 Å². The molecule has 0 heterocycles. The highest BCUT2D eigenvalue weighted by molar-refractivity contribution is 7.80. The second kappa shape index (κ2) is 6.51. The fraction of sp³-hybridized carbons (Fsp3) is 0.364. The summed E-state index contributed by atoms with van der Waals surface area (Å²) < 4.78 is 0. The van der Waals surface area contributed by atoms with Crippen LogP contribution in [0.4, 0.5) is 11.4 Å². The third-order valence-electron chi connectivity index (χ3n) is 2.40. The van der Waals surface area contributed by atoms with E-state index in [4.69, 9.17) is 23.8 Å². The minimum Gasteiger partial charge on any atom is -0.360 e. The molecule has 7 heteroatoms. The van der Waals surface area contributed by atoms with Crippen molar-refractivity contribution in [3.8, 4) is 0 Å². The Morgan fingerprint density at radius 3 is 2.83 bits per heavy atom. The number of non-ortho nitro benzene ring substituents is 1. The van der Waals surface area contributed by atoms with E-state index in [1.54, 1.807) is 0 Å². The summed E-state index contributed by atoms with van der Waals surface area (Å²) in [7, 11) is 0. The maximum Gasteiger partial charge on any atom is 0.271 e. The van der Waals surface area contributed by atoms with Gasteiger partial charge in [-0.2, -0.15) is 0 Å². The Morgan fingerprint density at radius 2 is 2.28 bits per heavy atom. The average Bonchev–Trinajstić information content (AvgIpc) is 2.31. The molecule has 5 nitrogen and oxygen atoms in total. The number of nitro groups is 1. The zero-order valence-corrected chi connectivity index (χ0v) is 11.6. The van der Waals surface area contributed by atoms with Crippen LogP contribution < -0.4 is 10.6 Å². The molecule has 2 N–H and O–H groups in total. The van der Waals surface area contributed by atoms with Crippen molar-refractivity contribution in [3.63, 3.8) is 0 Å². The number of benzene rings is 1. The topological polar surface area (TPSA) is 67.2 Å². The minimum atomic E-state index is -0.480. The van der Waals surface area contributed by atoms with Crippen LogP contribution in [-0.4, -0.2) is 16.1 Å². The van der Waals surface area contributed by atoms with E-state index in [0.29, 0.717) is 15.8 Å². The van der Waals surface area contributed by atoms with E-state index in [-0.39, 0.29) is 11.7 Å². The van der Waals surface area contributed by atoms with Crippen LogP contribution in [0.1, 0.15) is 20.3 Å². The van der Waals surface area contributed by atoms with Crippen LogP contribution in [0, 0.1) is 10.1 Å². The first kappa shape index (κ1) is 14.7. The van der Waals surface area contributed by atoms with Gasteiger partial charge < -0.3 is 10.6 Å². The number of hydrogen-bond acceptors (Lipinski definition) is 3. The summed E-state index contributed by atoms with van der Waals surface area (Å²) in [5.74, 6) is 0. The summed E-state index contributed by atoms with van der Waals surface area (Å²) in [6, 6.07) is 4.39. The van der Waals surface area contributed by atoms with Gasteiger partial charge in [-0.1, -0.05) is 18.5 Å². The first-order valence-corrected chi connectivity index (χ1v) is 6.24. The molecule has 1 atom stereocenters. The molecule has 0 saturated heterocycles. The molecular weight excluding hydrogens is 274 g/mol. The number of nitro benzene ring substituents is 1. The summed E-state index contributed by atoms with van der Waals surface area (Å²) in [6.45, 7) is 4.02. The molecule has 0 saturated carbocycles. The molecule has 0 aromatic heterocycles. The number of nitrogens with zero attached hydrogens (tertiary/aromatic N) is 1. The zero-order chi connectivity index (χ0) is 13.7. The van der Waals surface area contributed by atoms with Gasteiger partial charge in [0.1, 0.15) is 0 Å². The zero-order valence-electron chi connectivity index (χ0n) is 10.1. The number of nitrogens with one attached hydrogen (secondary N) is 2.